The molecule has 0 aliphatic carbocycles. The molecule has 1 aliphatic heterocycles. The van der Waals surface area contributed by atoms with Gasteiger partial charge in [-0.15, -0.1) is 11.3 Å². The van der Waals surface area contributed by atoms with E-state index in [1.165, 1.54) is 23.9 Å². The van der Waals surface area contributed by atoms with E-state index in [2.05, 4.69) is 22.8 Å². The summed E-state index contributed by atoms with van der Waals surface area (Å²) in [5.41, 5.74) is 0. The summed E-state index contributed by atoms with van der Waals surface area (Å²) >= 11 is 1.67. The number of carboxylic acids is 1. The van der Waals surface area contributed by atoms with Gasteiger partial charge in [-0.2, -0.15) is 0 Å². The molecule has 0 radical (unpaired) electrons. The minimum absolute atomic E-state index is 0.896. The van der Waals surface area contributed by atoms with Crippen LogP contribution < -0.4 is 0 Å². The highest BCUT2D eigenvalue weighted by Crippen LogP contribution is 2.20. The SMILES string of the molecule is CCCN1CCN(Cc2ccc(C=CC(=O)O)s2)CC1. The van der Waals surface area contributed by atoms with Gasteiger partial charge in [0.25, 0.3) is 0 Å². The zero-order valence-corrected chi connectivity index (χ0v) is 12.7. The molecule has 1 aromatic heterocycles. The van der Waals surface area contributed by atoms with Crippen LogP contribution in [0.2, 0.25) is 0 Å². The molecule has 5 heteroatoms. The van der Waals surface area contributed by atoms with Gasteiger partial charge in [-0.25, -0.2) is 4.79 Å². The summed E-state index contributed by atoms with van der Waals surface area (Å²) in [5, 5.41) is 8.62. The minimum atomic E-state index is -0.896. The number of piperazine rings is 1. The molecule has 1 fully saturated rings. The van der Waals surface area contributed by atoms with Crippen LogP contribution in [0.25, 0.3) is 6.08 Å². The van der Waals surface area contributed by atoms with E-state index in [-0.39, 0.29) is 0 Å². The van der Waals surface area contributed by atoms with Gasteiger partial charge in [0.2, 0.25) is 0 Å². The fraction of sp³-hybridized carbons (Fsp3) is 0.533. The van der Waals surface area contributed by atoms with Gasteiger partial charge in [-0.05, 0) is 31.2 Å². The van der Waals surface area contributed by atoms with Crippen LogP contribution in [0, 0.1) is 0 Å². The quantitative estimate of drug-likeness (QED) is 0.818. The second kappa shape index (κ2) is 7.57. The van der Waals surface area contributed by atoms with Gasteiger partial charge in [0.05, 0.1) is 0 Å². The number of aliphatic carboxylic acids is 1. The highest BCUT2D eigenvalue weighted by molar-refractivity contribution is 7.12. The predicted molar refractivity (Wildman–Crippen MR) is 83.0 cm³/mol. The molecule has 0 unspecified atom stereocenters. The first-order valence-electron chi connectivity index (χ1n) is 7.12. The minimum Gasteiger partial charge on any atom is -0.478 e. The normalized spacial score (nSPS) is 17.9. The lowest BCUT2D eigenvalue weighted by Crippen LogP contribution is -2.45. The molecule has 1 aliphatic rings. The van der Waals surface area contributed by atoms with E-state index in [0.29, 0.717) is 0 Å². The predicted octanol–water partition coefficient (Wildman–Crippen LogP) is 2.37. The van der Waals surface area contributed by atoms with Crippen LogP contribution in [0.1, 0.15) is 23.1 Å². The molecule has 1 aromatic rings. The van der Waals surface area contributed by atoms with Crippen molar-refractivity contribution >= 4 is 23.4 Å². The smallest absolute Gasteiger partial charge is 0.328 e. The Morgan fingerprint density at radius 2 is 2.00 bits per heavy atom. The Kier molecular flexibility index (Phi) is 5.76. The first-order chi connectivity index (χ1) is 9.67. The van der Waals surface area contributed by atoms with Gasteiger partial charge >= 0.3 is 5.97 Å². The lowest BCUT2D eigenvalue weighted by Gasteiger charge is -2.34. The summed E-state index contributed by atoms with van der Waals surface area (Å²) in [5.74, 6) is -0.896. The Bertz CT molecular complexity index is 462. The number of rotatable bonds is 6. The molecule has 0 amide bonds. The maximum Gasteiger partial charge on any atom is 0.328 e. The third kappa shape index (κ3) is 4.74. The maximum absolute atomic E-state index is 10.5. The number of carbonyl (C=O) groups is 1. The number of hydrogen-bond donors (Lipinski definition) is 1. The summed E-state index contributed by atoms with van der Waals surface area (Å²) in [6.07, 6.45) is 4.08. The molecule has 1 saturated heterocycles. The topological polar surface area (TPSA) is 43.8 Å². The largest absolute Gasteiger partial charge is 0.478 e. The van der Waals surface area contributed by atoms with Crippen molar-refractivity contribution in [2.24, 2.45) is 0 Å². The molecule has 0 atom stereocenters. The van der Waals surface area contributed by atoms with Crippen LogP contribution in [0.4, 0.5) is 0 Å². The summed E-state index contributed by atoms with van der Waals surface area (Å²) in [7, 11) is 0. The van der Waals surface area contributed by atoms with Crippen molar-refractivity contribution in [2.75, 3.05) is 32.7 Å². The Morgan fingerprint density at radius 1 is 1.30 bits per heavy atom. The second-order valence-electron chi connectivity index (χ2n) is 5.09. The van der Waals surface area contributed by atoms with Crippen molar-refractivity contribution in [1.29, 1.82) is 0 Å². The number of thiophene rings is 1. The molecule has 0 bridgehead atoms. The summed E-state index contributed by atoms with van der Waals surface area (Å²) in [6.45, 7) is 8.97. The van der Waals surface area contributed by atoms with Crippen LogP contribution in [-0.4, -0.2) is 53.6 Å². The Balaban J connectivity index is 1.81. The number of hydrogen-bond acceptors (Lipinski definition) is 4. The third-order valence-electron chi connectivity index (χ3n) is 3.46. The maximum atomic E-state index is 10.5. The summed E-state index contributed by atoms with van der Waals surface area (Å²) < 4.78 is 0. The standard InChI is InChI=1S/C15H22N2O2S/c1-2-7-16-8-10-17(11-9-16)12-14-4-3-13(20-14)5-6-15(18)19/h3-6H,2,7-12H2,1H3,(H,18,19). The fourth-order valence-corrected chi connectivity index (χ4v) is 3.39. The average Bonchev–Trinajstić information content (AvgIpc) is 2.87. The van der Waals surface area contributed by atoms with E-state index < -0.39 is 5.97 Å². The van der Waals surface area contributed by atoms with E-state index in [1.54, 1.807) is 17.4 Å². The molecule has 4 nitrogen and oxygen atoms in total. The second-order valence-corrected chi connectivity index (χ2v) is 6.29. The zero-order valence-electron chi connectivity index (χ0n) is 11.9. The molecule has 2 rings (SSSR count). The molecular weight excluding hydrogens is 272 g/mol. The zero-order chi connectivity index (χ0) is 14.4. The van der Waals surface area contributed by atoms with Gasteiger partial charge in [-0.1, -0.05) is 6.92 Å². The first kappa shape index (κ1) is 15.2. The molecule has 0 saturated carbocycles. The molecule has 110 valence electrons. The Labute approximate surface area is 124 Å². The third-order valence-corrected chi connectivity index (χ3v) is 4.49. The van der Waals surface area contributed by atoms with Crippen LogP contribution in [0.15, 0.2) is 18.2 Å². The Morgan fingerprint density at radius 3 is 2.65 bits per heavy atom. The van der Waals surface area contributed by atoms with E-state index in [4.69, 9.17) is 5.11 Å². The van der Waals surface area contributed by atoms with Crippen LogP contribution in [0.5, 0.6) is 0 Å². The van der Waals surface area contributed by atoms with Crippen LogP contribution in [-0.2, 0) is 11.3 Å². The molecule has 0 spiro atoms. The summed E-state index contributed by atoms with van der Waals surface area (Å²) in [4.78, 5) is 17.8. The van der Waals surface area contributed by atoms with E-state index in [9.17, 15) is 4.79 Å². The molecule has 2 heterocycles. The van der Waals surface area contributed by atoms with Crippen molar-refractivity contribution < 1.29 is 9.90 Å². The van der Waals surface area contributed by atoms with Gasteiger partial charge in [0.15, 0.2) is 0 Å². The van der Waals surface area contributed by atoms with Gasteiger partial charge in [-0.3, -0.25) is 4.90 Å². The van der Waals surface area contributed by atoms with Crippen molar-refractivity contribution in [3.8, 4) is 0 Å². The van der Waals surface area contributed by atoms with Crippen LogP contribution >= 0.6 is 11.3 Å². The number of carboxylic acid groups (broad SMARTS) is 1. The van der Waals surface area contributed by atoms with Gasteiger partial charge in [0, 0.05) is 48.6 Å². The van der Waals surface area contributed by atoms with E-state index >= 15 is 0 Å². The van der Waals surface area contributed by atoms with E-state index in [1.807, 2.05) is 6.07 Å². The Hall–Kier alpha value is -1.17. The lowest BCUT2D eigenvalue weighted by atomic mass is 10.3. The van der Waals surface area contributed by atoms with Crippen molar-refractivity contribution in [1.82, 2.24) is 9.80 Å². The average molecular weight is 294 g/mol. The van der Waals surface area contributed by atoms with Gasteiger partial charge < -0.3 is 10.0 Å². The molecular formula is C15H22N2O2S. The van der Waals surface area contributed by atoms with Crippen molar-refractivity contribution in [2.45, 2.75) is 19.9 Å². The summed E-state index contributed by atoms with van der Waals surface area (Å²) in [6, 6.07) is 4.09. The van der Waals surface area contributed by atoms with Crippen LogP contribution in [0.3, 0.4) is 0 Å². The molecule has 1 N–H and O–H groups in total. The highest BCUT2D eigenvalue weighted by atomic mass is 32.1. The first-order valence-corrected chi connectivity index (χ1v) is 7.93. The lowest BCUT2D eigenvalue weighted by molar-refractivity contribution is -0.131. The van der Waals surface area contributed by atoms with Crippen molar-refractivity contribution in [3.05, 3.63) is 28.0 Å². The van der Waals surface area contributed by atoms with Crippen molar-refractivity contribution in [3.63, 3.8) is 0 Å². The van der Waals surface area contributed by atoms with Gasteiger partial charge in [0.1, 0.15) is 0 Å². The highest BCUT2D eigenvalue weighted by Gasteiger charge is 2.16. The molecule has 20 heavy (non-hydrogen) atoms. The monoisotopic (exact) mass is 294 g/mol. The number of nitrogens with zero attached hydrogens (tertiary/aromatic N) is 2. The van der Waals surface area contributed by atoms with E-state index in [0.717, 1.165) is 37.6 Å². The fourth-order valence-electron chi connectivity index (χ4n) is 2.43. The molecule has 0 aromatic carbocycles.